The molecular formula is C16H11ClF3N3O3. The standard InChI is InChI=1S/C16H11ClF3N3O3/c1-8-21-23(16(25)22(8)15(19)20)13-7-14(11(17)6-12(13)18)26-10-4-2-9(24)3-5-10/h2-7,15,24H,1H3. The molecular weight excluding hydrogens is 375 g/mol. The van der Waals surface area contributed by atoms with Gasteiger partial charge in [0.2, 0.25) is 0 Å². The van der Waals surface area contributed by atoms with Gasteiger partial charge < -0.3 is 9.84 Å². The Kier molecular flexibility index (Phi) is 4.64. The van der Waals surface area contributed by atoms with Crippen LogP contribution in [-0.4, -0.2) is 19.5 Å². The Labute approximate surface area is 149 Å². The third kappa shape index (κ3) is 3.25. The van der Waals surface area contributed by atoms with Gasteiger partial charge in [0.05, 0.1) is 5.02 Å². The zero-order valence-corrected chi connectivity index (χ0v) is 13.9. The fourth-order valence-corrected chi connectivity index (χ4v) is 2.45. The number of alkyl halides is 2. The third-order valence-electron chi connectivity index (χ3n) is 3.47. The normalized spacial score (nSPS) is 11.2. The molecule has 1 heterocycles. The number of halogens is 4. The second-order valence-corrected chi connectivity index (χ2v) is 5.63. The van der Waals surface area contributed by atoms with Crippen LogP contribution in [0.25, 0.3) is 5.69 Å². The van der Waals surface area contributed by atoms with Crippen LogP contribution in [-0.2, 0) is 0 Å². The molecule has 0 unspecified atom stereocenters. The van der Waals surface area contributed by atoms with Gasteiger partial charge in [0, 0.05) is 6.07 Å². The van der Waals surface area contributed by atoms with Gasteiger partial charge in [-0.25, -0.2) is 13.8 Å². The van der Waals surface area contributed by atoms with Crippen molar-refractivity contribution in [1.29, 1.82) is 0 Å². The van der Waals surface area contributed by atoms with Gasteiger partial charge in [0.25, 0.3) is 0 Å². The van der Waals surface area contributed by atoms with Crippen molar-refractivity contribution >= 4 is 11.6 Å². The molecule has 1 N–H and O–H groups in total. The van der Waals surface area contributed by atoms with Gasteiger partial charge in [0.15, 0.2) is 5.82 Å². The molecule has 0 aliphatic heterocycles. The van der Waals surface area contributed by atoms with E-state index in [2.05, 4.69) is 5.10 Å². The molecule has 0 fully saturated rings. The number of phenols is 1. The highest BCUT2D eigenvalue weighted by atomic mass is 35.5. The van der Waals surface area contributed by atoms with Gasteiger partial charge in [-0.1, -0.05) is 11.6 Å². The summed E-state index contributed by atoms with van der Waals surface area (Å²) < 4.78 is 46.3. The Balaban J connectivity index is 2.08. The summed E-state index contributed by atoms with van der Waals surface area (Å²) in [6.45, 7) is -1.91. The molecule has 2 aromatic carbocycles. The van der Waals surface area contributed by atoms with Crippen molar-refractivity contribution in [2.75, 3.05) is 0 Å². The lowest BCUT2D eigenvalue weighted by Gasteiger charge is -2.10. The monoisotopic (exact) mass is 385 g/mol. The van der Waals surface area contributed by atoms with Gasteiger partial charge in [0.1, 0.15) is 28.8 Å². The molecule has 0 saturated carbocycles. The van der Waals surface area contributed by atoms with Crippen LogP contribution in [0.2, 0.25) is 5.02 Å². The molecule has 136 valence electrons. The predicted octanol–water partition coefficient (Wildman–Crippen LogP) is 4.03. The van der Waals surface area contributed by atoms with Gasteiger partial charge in [-0.05, 0) is 37.3 Å². The zero-order valence-electron chi connectivity index (χ0n) is 13.2. The fourth-order valence-electron chi connectivity index (χ4n) is 2.26. The molecule has 6 nitrogen and oxygen atoms in total. The first-order chi connectivity index (χ1) is 12.3. The Bertz CT molecular complexity index is 1020. The Morgan fingerprint density at radius 3 is 2.46 bits per heavy atom. The zero-order chi connectivity index (χ0) is 19.0. The van der Waals surface area contributed by atoms with E-state index in [-0.39, 0.29) is 32.7 Å². The van der Waals surface area contributed by atoms with E-state index in [1.54, 1.807) is 0 Å². The second kappa shape index (κ2) is 6.75. The van der Waals surface area contributed by atoms with Gasteiger partial charge in [-0.15, -0.1) is 5.10 Å². The lowest BCUT2D eigenvalue weighted by atomic mass is 10.2. The molecule has 0 aliphatic rings. The van der Waals surface area contributed by atoms with E-state index < -0.39 is 23.7 Å². The van der Waals surface area contributed by atoms with Gasteiger partial charge >= 0.3 is 12.2 Å². The molecule has 3 rings (SSSR count). The Morgan fingerprint density at radius 2 is 1.88 bits per heavy atom. The maximum atomic E-state index is 14.3. The maximum absolute atomic E-state index is 14.3. The van der Waals surface area contributed by atoms with E-state index in [4.69, 9.17) is 16.3 Å². The van der Waals surface area contributed by atoms with Crippen LogP contribution in [0.5, 0.6) is 17.2 Å². The molecule has 26 heavy (non-hydrogen) atoms. The second-order valence-electron chi connectivity index (χ2n) is 5.22. The quantitative estimate of drug-likeness (QED) is 0.736. The molecule has 1 aromatic heterocycles. The average Bonchev–Trinajstić information content (AvgIpc) is 2.86. The lowest BCUT2D eigenvalue weighted by Crippen LogP contribution is -2.25. The summed E-state index contributed by atoms with van der Waals surface area (Å²) >= 11 is 5.95. The number of aromatic nitrogens is 3. The van der Waals surface area contributed by atoms with Crippen LogP contribution in [0, 0.1) is 12.7 Å². The molecule has 0 radical (unpaired) electrons. The number of aryl methyl sites for hydroxylation is 1. The van der Waals surface area contributed by atoms with Crippen molar-refractivity contribution in [3.8, 4) is 22.9 Å². The van der Waals surface area contributed by atoms with E-state index >= 15 is 0 Å². The van der Waals surface area contributed by atoms with E-state index in [1.807, 2.05) is 0 Å². The minimum atomic E-state index is -3.11. The summed E-state index contributed by atoms with van der Waals surface area (Å²) in [5, 5.41) is 12.8. The first-order valence-electron chi connectivity index (χ1n) is 7.20. The van der Waals surface area contributed by atoms with Crippen LogP contribution >= 0.6 is 11.6 Å². The van der Waals surface area contributed by atoms with Crippen LogP contribution < -0.4 is 10.4 Å². The largest absolute Gasteiger partial charge is 0.508 e. The number of hydrogen-bond acceptors (Lipinski definition) is 4. The third-order valence-corrected chi connectivity index (χ3v) is 3.77. The van der Waals surface area contributed by atoms with Gasteiger partial charge in [-0.3, -0.25) is 0 Å². The maximum Gasteiger partial charge on any atom is 0.355 e. The minimum absolute atomic E-state index is 0.0165. The number of aromatic hydroxyl groups is 1. The van der Waals surface area contributed by atoms with Crippen LogP contribution in [0.15, 0.2) is 41.2 Å². The molecule has 0 spiro atoms. The van der Waals surface area contributed by atoms with Crippen molar-refractivity contribution in [3.63, 3.8) is 0 Å². The number of ether oxygens (including phenoxy) is 1. The number of nitrogens with zero attached hydrogens (tertiary/aromatic N) is 3. The molecule has 3 aromatic rings. The molecule has 0 amide bonds. The molecule has 0 saturated heterocycles. The average molecular weight is 386 g/mol. The Hall–Kier alpha value is -2.94. The first kappa shape index (κ1) is 17.9. The van der Waals surface area contributed by atoms with Crippen LogP contribution in [0.4, 0.5) is 13.2 Å². The predicted molar refractivity (Wildman–Crippen MR) is 87.0 cm³/mol. The Morgan fingerprint density at radius 1 is 1.23 bits per heavy atom. The number of hydrogen-bond donors (Lipinski definition) is 1. The van der Waals surface area contributed by atoms with E-state index in [9.17, 15) is 23.1 Å². The van der Waals surface area contributed by atoms with Crippen molar-refractivity contribution in [1.82, 2.24) is 14.3 Å². The summed E-state index contributed by atoms with van der Waals surface area (Å²) in [5.41, 5.74) is -1.59. The summed E-state index contributed by atoms with van der Waals surface area (Å²) in [6.07, 6.45) is 0. The topological polar surface area (TPSA) is 69.3 Å². The van der Waals surface area contributed by atoms with Crippen molar-refractivity contribution in [2.24, 2.45) is 0 Å². The SMILES string of the molecule is Cc1nn(-c2cc(Oc3ccc(O)cc3)c(Cl)cc2F)c(=O)n1C(F)F. The number of phenolic OH excluding ortho intramolecular Hbond substituents is 1. The smallest absolute Gasteiger partial charge is 0.355 e. The minimum Gasteiger partial charge on any atom is -0.508 e. The first-order valence-corrected chi connectivity index (χ1v) is 7.58. The summed E-state index contributed by atoms with van der Waals surface area (Å²) in [6, 6.07) is 7.58. The molecule has 10 heteroatoms. The van der Waals surface area contributed by atoms with Crippen LogP contribution in [0.1, 0.15) is 12.4 Å². The van der Waals surface area contributed by atoms with E-state index in [1.165, 1.54) is 31.2 Å². The number of rotatable bonds is 4. The fraction of sp³-hybridized carbons (Fsp3) is 0.125. The highest BCUT2D eigenvalue weighted by Gasteiger charge is 2.21. The highest BCUT2D eigenvalue weighted by Crippen LogP contribution is 2.33. The van der Waals surface area contributed by atoms with E-state index in [0.29, 0.717) is 4.68 Å². The van der Waals surface area contributed by atoms with Crippen molar-refractivity contribution in [3.05, 3.63) is 63.5 Å². The molecule has 0 aliphatic carbocycles. The highest BCUT2D eigenvalue weighted by molar-refractivity contribution is 6.32. The van der Waals surface area contributed by atoms with Crippen LogP contribution in [0.3, 0.4) is 0 Å². The number of benzene rings is 2. The van der Waals surface area contributed by atoms with E-state index in [0.717, 1.165) is 12.1 Å². The summed E-state index contributed by atoms with van der Waals surface area (Å²) in [7, 11) is 0. The molecule has 0 bridgehead atoms. The molecule has 0 atom stereocenters. The summed E-state index contributed by atoms with van der Waals surface area (Å²) in [4.78, 5) is 12.1. The van der Waals surface area contributed by atoms with Crippen molar-refractivity contribution in [2.45, 2.75) is 13.5 Å². The van der Waals surface area contributed by atoms with Crippen molar-refractivity contribution < 1.29 is 23.0 Å². The summed E-state index contributed by atoms with van der Waals surface area (Å²) in [5.74, 6) is -0.939. The van der Waals surface area contributed by atoms with Gasteiger partial charge in [-0.2, -0.15) is 13.5 Å². The lowest BCUT2D eigenvalue weighted by molar-refractivity contribution is 0.0640.